The van der Waals surface area contributed by atoms with Gasteiger partial charge in [-0.05, 0) is 26.7 Å². The van der Waals surface area contributed by atoms with Crippen LogP contribution in [0.5, 0.6) is 0 Å². The highest BCUT2D eigenvalue weighted by Crippen LogP contribution is 2.15. The summed E-state index contributed by atoms with van der Waals surface area (Å²) in [5.41, 5.74) is 0. The second-order valence-electron chi connectivity index (χ2n) is 4.29. The molecule has 0 saturated carbocycles. The van der Waals surface area contributed by atoms with E-state index in [1.165, 1.54) is 13.8 Å². The smallest absolute Gasteiger partial charge is 0.314 e. The molecule has 0 rings (SSSR count). The Labute approximate surface area is 105 Å². The second kappa shape index (κ2) is 7.58. The van der Waals surface area contributed by atoms with Gasteiger partial charge in [-0.2, -0.15) is 0 Å². The van der Waals surface area contributed by atoms with E-state index in [2.05, 4.69) is 0 Å². The van der Waals surface area contributed by atoms with Crippen LogP contribution in [0.3, 0.4) is 0 Å². The Morgan fingerprint density at radius 2 is 1.06 bits per heavy atom. The Morgan fingerprint density at radius 1 is 0.778 bits per heavy atom. The quantitative estimate of drug-likeness (QED) is 0.474. The number of carbonyl (C=O) groups excluding carboxylic acids is 2. The molecule has 0 aliphatic heterocycles. The van der Waals surface area contributed by atoms with Gasteiger partial charge in [-0.25, -0.2) is 0 Å². The third-order valence-electron chi connectivity index (χ3n) is 2.81. The Balaban J connectivity index is 4.12. The maximum atomic E-state index is 11.0. The van der Waals surface area contributed by atoms with Crippen molar-refractivity contribution < 1.29 is 29.4 Å². The molecule has 0 amide bonds. The molecule has 6 heteroatoms. The van der Waals surface area contributed by atoms with E-state index >= 15 is 0 Å². The van der Waals surface area contributed by atoms with E-state index < -0.39 is 35.3 Å². The van der Waals surface area contributed by atoms with Crippen molar-refractivity contribution in [1.29, 1.82) is 0 Å². The van der Waals surface area contributed by atoms with Crippen molar-refractivity contribution in [3.8, 4) is 0 Å². The average molecular weight is 258 g/mol. The fourth-order valence-electron chi connectivity index (χ4n) is 1.70. The van der Waals surface area contributed by atoms with Gasteiger partial charge in [-0.3, -0.25) is 19.2 Å². The van der Waals surface area contributed by atoms with Gasteiger partial charge in [0.1, 0.15) is 23.4 Å². The molecule has 0 spiro atoms. The lowest BCUT2D eigenvalue weighted by Gasteiger charge is -2.10. The SMILES string of the molecule is CC(=O)C(CCCCC(C(C)=O)C(=O)O)C(=O)O. The predicted molar refractivity (Wildman–Crippen MR) is 62.1 cm³/mol. The second-order valence-corrected chi connectivity index (χ2v) is 4.29. The zero-order valence-electron chi connectivity index (χ0n) is 10.5. The molecule has 0 aliphatic carbocycles. The van der Waals surface area contributed by atoms with E-state index in [0.29, 0.717) is 12.8 Å². The topological polar surface area (TPSA) is 109 Å². The molecule has 0 fully saturated rings. The summed E-state index contributed by atoms with van der Waals surface area (Å²) in [6, 6.07) is 0. The van der Waals surface area contributed by atoms with Gasteiger partial charge in [0.2, 0.25) is 0 Å². The monoisotopic (exact) mass is 258 g/mol. The van der Waals surface area contributed by atoms with Crippen molar-refractivity contribution in [3.05, 3.63) is 0 Å². The number of hydrogen-bond donors (Lipinski definition) is 2. The van der Waals surface area contributed by atoms with Crippen LogP contribution in [0.25, 0.3) is 0 Å². The lowest BCUT2D eigenvalue weighted by Crippen LogP contribution is -2.23. The van der Waals surface area contributed by atoms with Crippen LogP contribution < -0.4 is 0 Å². The van der Waals surface area contributed by atoms with Gasteiger partial charge in [-0.15, -0.1) is 0 Å². The number of rotatable bonds is 9. The minimum Gasteiger partial charge on any atom is -0.481 e. The van der Waals surface area contributed by atoms with E-state index in [9.17, 15) is 19.2 Å². The summed E-state index contributed by atoms with van der Waals surface area (Å²) in [5.74, 6) is -5.23. The van der Waals surface area contributed by atoms with Crippen LogP contribution >= 0.6 is 0 Å². The molecule has 0 aliphatic rings. The molecule has 0 radical (unpaired) electrons. The standard InChI is InChI=1S/C12H18O6/c1-7(13)9(11(15)16)5-3-4-6-10(8(2)14)12(17)18/h9-10H,3-6H2,1-2H3,(H,15,16)(H,17,18). The molecule has 102 valence electrons. The number of ketones is 2. The molecular weight excluding hydrogens is 240 g/mol. The Hall–Kier alpha value is -1.72. The van der Waals surface area contributed by atoms with Crippen molar-refractivity contribution in [2.24, 2.45) is 11.8 Å². The summed E-state index contributed by atoms with van der Waals surface area (Å²) in [6.45, 7) is 2.43. The zero-order chi connectivity index (χ0) is 14.3. The largest absolute Gasteiger partial charge is 0.481 e. The summed E-state index contributed by atoms with van der Waals surface area (Å²) in [7, 11) is 0. The fraction of sp³-hybridized carbons (Fsp3) is 0.667. The van der Waals surface area contributed by atoms with Crippen LogP contribution in [0.4, 0.5) is 0 Å². The van der Waals surface area contributed by atoms with Gasteiger partial charge in [0.05, 0.1) is 0 Å². The molecule has 2 unspecified atom stereocenters. The highest BCUT2D eigenvalue weighted by atomic mass is 16.4. The minimum absolute atomic E-state index is 0.176. The number of Topliss-reactive ketones (excluding diaryl/α,β-unsaturated/α-hetero) is 2. The first-order valence-corrected chi connectivity index (χ1v) is 5.73. The molecule has 0 heterocycles. The first-order chi connectivity index (χ1) is 8.27. The van der Waals surface area contributed by atoms with Crippen LogP contribution in [-0.2, 0) is 19.2 Å². The maximum absolute atomic E-state index is 11.0. The van der Waals surface area contributed by atoms with E-state index in [1.807, 2.05) is 0 Å². The van der Waals surface area contributed by atoms with Gasteiger partial charge in [0.25, 0.3) is 0 Å². The highest BCUT2D eigenvalue weighted by Gasteiger charge is 2.24. The van der Waals surface area contributed by atoms with Crippen molar-refractivity contribution >= 4 is 23.5 Å². The van der Waals surface area contributed by atoms with Crippen LogP contribution in [0.1, 0.15) is 39.5 Å². The Kier molecular flexibility index (Phi) is 6.85. The molecule has 2 atom stereocenters. The van der Waals surface area contributed by atoms with Gasteiger partial charge in [0.15, 0.2) is 0 Å². The van der Waals surface area contributed by atoms with Crippen LogP contribution in [0, 0.1) is 11.8 Å². The molecule has 0 aromatic carbocycles. The van der Waals surface area contributed by atoms with E-state index in [-0.39, 0.29) is 12.8 Å². The summed E-state index contributed by atoms with van der Waals surface area (Å²) in [6.07, 6.45) is 1.17. The lowest BCUT2D eigenvalue weighted by molar-refractivity contribution is -0.148. The number of carboxylic acids is 2. The first kappa shape index (κ1) is 16.3. The van der Waals surface area contributed by atoms with Crippen LogP contribution in [0.15, 0.2) is 0 Å². The third-order valence-corrected chi connectivity index (χ3v) is 2.81. The minimum atomic E-state index is -1.16. The van der Waals surface area contributed by atoms with E-state index in [0.717, 1.165) is 0 Å². The molecule has 0 bridgehead atoms. The summed E-state index contributed by atoms with van der Waals surface area (Å²) >= 11 is 0. The van der Waals surface area contributed by atoms with Crippen LogP contribution in [-0.4, -0.2) is 33.7 Å². The number of unbranched alkanes of at least 4 members (excludes halogenated alkanes) is 1. The van der Waals surface area contributed by atoms with Crippen molar-refractivity contribution in [2.75, 3.05) is 0 Å². The number of carbonyl (C=O) groups is 4. The van der Waals surface area contributed by atoms with Gasteiger partial charge in [-0.1, -0.05) is 12.8 Å². The fourth-order valence-corrected chi connectivity index (χ4v) is 1.70. The maximum Gasteiger partial charge on any atom is 0.314 e. The van der Waals surface area contributed by atoms with Crippen molar-refractivity contribution in [2.45, 2.75) is 39.5 Å². The Bertz CT molecular complexity index is 284. The molecule has 6 nitrogen and oxygen atoms in total. The molecule has 0 aromatic rings. The predicted octanol–water partition coefficient (Wildman–Crippen LogP) is 1.13. The third kappa shape index (κ3) is 5.56. The number of aliphatic carboxylic acids is 2. The van der Waals surface area contributed by atoms with Gasteiger partial charge in [0, 0.05) is 0 Å². The van der Waals surface area contributed by atoms with Gasteiger partial charge < -0.3 is 10.2 Å². The van der Waals surface area contributed by atoms with Gasteiger partial charge >= 0.3 is 11.9 Å². The molecule has 18 heavy (non-hydrogen) atoms. The molecular formula is C12H18O6. The van der Waals surface area contributed by atoms with Crippen LogP contribution in [0.2, 0.25) is 0 Å². The molecule has 0 aromatic heterocycles. The Morgan fingerprint density at radius 3 is 1.22 bits per heavy atom. The van der Waals surface area contributed by atoms with Crippen molar-refractivity contribution in [1.82, 2.24) is 0 Å². The lowest BCUT2D eigenvalue weighted by atomic mass is 9.93. The first-order valence-electron chi connectivity index (χ1n) is 5.73. The number of hydrogen-bond acceptors (Lipinski definition) is 4. The summed E-state index contributed by atoms with van der Waals surface area (Å²) in [4.78, 5) is 43.4. The van der Waals surface area contributed by atoms with E-state index in [4.69, 9.17) is 10.2 Å². The zero-order valence-corrected chi connectivity index (χ0v) is 10.5. The highest BCUT2D eigenvalue weighted by molar-refractivity contribution is 5.97. The van der Waals surface area contributed by atoms with E-state index in [1.54, 1.807) is 0 Å². The summed E-state index contributed by atoms with van der Waals surface area (Å²) in [5, 5.41) is 17.5. The van der Waals surface area contributed by atoms with Crippen molar-refractivity contribution in [3.63, 3.8) is 0 Å². The number of carboxylic acid groups (broad SMARTS) is 2. The average Bonchev–Trinajstić information content (AvgIpc) is 2.20. The summed E-state index contributed by atoms with van der Waals surface area (Å²) < 4.78 is 0. The molecule has 0 saturated heterocycles. The normalized spacial score (nSPS) is 13.7. The molecule has 2 N–H and O–H groups in total.